The lowest BCUT2D eigenvalue weighted by atomic mass is 9.59. The van der Waals surface area contributed by atoms with Gasteiger partial charge in [-0.05, 0) is 76.6 Å². The Kier molecular flexibility index (Phi) is 6.37. The molecule has 4 aromatic heterocycles. The topological polar surface area (TPSA) is 43.2 Å². The highest BCUT2D eigenvalue weighted by Crippen LogP contribution is 2.46. The smallest absolute Gasteiger partial charge is 0.197 e. The fourth-order valence-corrected chi connectivity index (χ4v) is 10.7. The molecule has 0 spiro atoms. The van der Waals surface area contributed by atoms with Crippen LogP contribution in [0.1, 0.15) is 26.3 Å². The predicted octanol–water partition coefficient (Wildman–Crippen LogP) is 13.6. The molecule has 0 amide bonds. The molecule has 6 heteroatoms. The normalized spacial score (nSPS) is 12.9. The minimum Gasteiger partial charge on any atom is -0.456 e. The summed E-state index contributed by atoms with van der Waals surface area (Å²) < 4.78 is 18.0. The first-order valence-electron chi connectivity index (χ1n) is 19.9. The number of hydrogen-bond acceptors (Lipinski definition) is 4. The zero-order chi connectivity index (χ0) is 38.4. The molecular weight excluding hydrogens is 727 g/mol. The van der Waals surface area contributed by atoms with E-state index in [-0.39, 0.29) is 5.41 Å². The van der Waals surface area contributed by atoms with Crippen LogP contribution in [0.2, 0.25) is 0 Å². The van der Waals surface area contributed by atoms with Crippen molar-refractivity contribution < 1.29 is 8.83 Å². The van der Waals surface area contributed by atoms with Crippen LogP contribution >= 0.6 is 11.3 Å². The van der Waals surface area contributed by atoms with Crippen LogP contribution in [0.3, 0.4) is 0 Å². The van der Waals surface area contributed by atoms with Crippen LogP contribution in [0, 0.1) is 0 Å². The van der Waals surface area contributed by atoms with Gasteiger partial charge in [0.05, 0.1) is 5.52 Å². The van der Waals surface area contributed by atoms with Crippen LogP contribution in [-0.2, 0) is 5.41 Å². The van der Waals surface area contributed by atoms with Crippen molar-refractivity contribution in [3.8, 4) is 16.8 Å². The van der Waals surface area contributed by atoms with Crippen molar-refractivity contribution >= 4 is 127 Å². The Hall–Kier alpha value is -6.76. The zero-order valence-electron chi connectivity index (χ0n) is 32.1. The van der Waals surface area contributed by atoms with Gasteiger partial charge in [0.2, 0.25) is 0 Å². The van der Waals surface area contributed by atoms with Gasteiger partial charge in [0, 0.05) is 86.7 Å². The van der Waals surface area contributed by atoms with Crippen LogP contribution < -0.4 is 16.2 Å². The highest BCUT2D eigenvalue weighted by molar-refractivity contribution is 7.25. The molecule has 58 heavy (non-hydrogen) atoms. The van der Waals surface area contributed by atoms with Crippen LogP contribution in [-0.4, -0.2) is 11.8 Å². The number of furan rings is 2. The van der Waals surface area contributed by atoms with E-state index in [0.717, 1.165) is 77.5 Å². The van der Waals surface area contributed by atoms with E-state index in [9.17, 15) is 0 Å². The molecule has 0 unspecified atom stereocenters. The molecule has 1 aliphatic heterocycles. The van der Waals surface area contributed by atoms with Crippen molar-refractivity contribution in [2.24, 2.45) is 0 Å². The molecule has 0 fully saturated rings. The number of thiophene rings is 1. The third-order valence-corrected chi connectivity index (χ3v) is 13.5. The Balaban J connectivity index is 1.13. The van der Waals surface area contributed by atoms with Crippen molar-refractivity contribution in [1.82, 2.24) is 4.57 Å². The molecule has 1 radical (unpaired) electrons. The maximum Gasteiger partial charge on any atom is 0.197 e. The van der Waals surface area contributed by atoms with Gasteiger partial charge >= 0.3 is 0 Å². The fourth-order valence-electron chi connectivity index (χ4n) is 9.62. The third-order valence-electron chi connectivity index (χ3n) is 12.4. The van der Waals surface area contributed by atoms with E-state index < -0.39 is 0 Å². The summed E-state index contributed by atoms with van der Waals surface area (Å²) in [5, 5.41) is 13.4. The highest BCUT2D eigenvalue weighted by atomic mass is 32.1. The minimum atomic E-state index is 0.0744. The maximum absolute atomic E-state index is 6.52. The summed E-state index contributed by atoms with van der Waals surface area (Å²) in [6.07, 6.45) is 0. The molecule has 0 bridgehead atoms. The number of benzene rings is 8. The molecule has 4 nitrogen and oxygen atoms in total. The van der Waals surface area contributed by atoms with E-state index in [1.54, 1.807) is 0 Å². The molecular formula is C52H34BN2O2S. The van der Waals surface area contributed by atoms with Gasteiger partial charge in [0.15, 0.2) is 7.28 Å². The average Bonchev–Trinajstić information content (AvgIpc) is 3.99. The third kappa shape index (κ3) is 4.46. The monoisotopic (exact) mass is 761 g/mol. The van der Waals surface area contributed by atoms with E-state index in [1.165, 1.54) is 53.1 Å². The standard InChI is InChI=1S/C52H34BN2O2S/c1-52(2,3)28-16-18-29(19-17-28)54-39-26-47-37(31-11-6-9-15-46(31)58-47)24-35(39)32-20-21-34-48-40(22-23-44-49(48)33-12-5-8-14-43(33)56-44)55-41-27-45-36(25-38(41)53-50(32)51(34)55)30-10-4-7-13-42(30)57-45/h4-27,54H,1-3H3. The lowest BCUT2D eigenvalue weighted by Gasteiger charge is -2.24. The van der Waals surface area contributed by atoms with Gasteiger partial charge in [-0.15, -0.1) is 11.3 Å². The van der Waals surface area contributed by atoms with Gasteiger partial charge in [-0.3, -0.25) is 0 Å². The van der Waals surface area contributed by atoms with Crippen molar-refractivity contribution in [1.29, 1.82) is 0 Å². The SMILES string of the molecule is CC(C)(C)c1ccc(Nc2cc3sc4ccccc4c3cc2-c2ccc3c4c5c(ccc4n4c3c2[B]c2cc3c(cc2-4)oc2ccccc23)oc2ccccc25)cc1. The number of nitrogens with zero attached hydrogens (tertiary/aromatic N) is 1. The van der Waals surface area contributed by atoms with Gasteiger partial charge in [0.25, 0.3) is 0 Å². The van der Waals surface area contributed by atoms with Gasteiger partial charge in [-0.25, -0.2) is 0 Å². The molecule has 1 aliphatic rings. The summed E-state index contributed by atoms with van der Waals surface area (Å²) in [4.78, 5) is 0. The summed E-state index contributed by atoms with van der Waals surface area (Å²) in [6, 6.07) is 52.9. The molecule has 5 heterocycles. The second-order valence-electron chi connectivity index (χ2n) is 16.8. The summed E-state index contributed by atoms with van der Waals surface area (Å²) in [6.45, 7) is 6.79. The molecule has 273 valence electrons. The largest absolute Gasteiger partial charge is 0.456 e. The van der Waals surface area contributed by atoms with Crippen molar-refractivity contribution in [2.75, 3.05) is 5.32 Å². The zero-order valence-corrected chi connectivity index (χ0v) is 32.9. The van der Waals surface area contributed by atoms with E-state index in [1.807, 2.05) is 23.5 Å². The highest BCUT2D eigenvalue weighted by Gasteiger charge is 2.29. The van der Waals surface area contributed by atoms with E-state index in [2.05, 4.69) is 171 Å². The molecule has 13 rings (SSSR count). The molecule has 0 saturated carbocycles. The first-order chi connectivity index (χ1) is 28.4. The second kappa shape index (κ2) is 11.4. The summed E-state index contributed by atoms with van der Waals surface area (Å²) >= 11 is 1.85. The van der Waals surface area contributed by atoms with E-state index in [4.69, 9.17) is 8.83 Å². The predicted molar refractivity (Wildman–Crippen MR) is 247 cm³/mol. The van der Waals surface area contributed by atoms with Crippen LogP contribution in [0.15, 0.2) is 154 Å². The number of aromatic nitrogens is 1. The van der Waals surface area contributed by atoms with Gasteiger partial charge in [0.1, 0.15) is 22.3 Å². The molecule has 0 saturated heterocycles. The Morgan fingerprint density at radius 1 is 0.552 bits per heavy atom. The number of para-hydroxylation sites is 2. The Labute approximate surface area is 338 Å². The number of fused-ring (bicyclic) bond motifs is 15. The summed E-state index contributed by atoms with van der Waals surface area (Å²) in [7, 11) is 2.41. The Bertz CT molecular complexity index is 3720. The summed E-state index contributed by atoms with van der Waals surface area (Å²) in [5.41, 5.74) is 15.3. The first-order valence-corrected chi connectivity index (χ1v) is 20.7. The Morgan fingerprint density at radius 3 is 2.12 bits per heavy atom. The van der Waals surface area contributed by atoms with Crippen LogP contribution in [0.4, 0.5) is 11.4 Å². The molecule has 0 atom stereocenters. The average molecular weight is 762 g/mol. The van der Waals surface area contributed by atoms with Crippen molar-refractivity contribution in [3.63, 3.8) is 0 Å². The van der Waals surface area contributed by atoms with E-state index in [0.29, 0.717) is 0 Å². The molecule has 8 aromatic carbocycles. The number of anilines is 2. The molecule has 12 aromatic rings. The number of nitrogens with one attached hydrogen (secondary N) is 1. The fraction of sp³-hybridized carbons (Fsp3) is 0.0769. The van der Waals surface area contributed by atoms with Crippen molar-refractivity contribution in [2.45, 2.75) is 26.2 Å². The van der Waals surface area contributed by atoms with Crippen LogP contribution in [0.25, 0.3) is 103 Å². The molecule has 0 aliphatic carbocycles. The lowest BCUT2D eigenvalue weighted by Crippen LogP contribution is -2.37. The van der Waals surface area contributed by atoms with Gasteiger partial charge in [-0.1, -0.05) is 111 Å². The molecule has 1 N–H and O–H groups in total. The van der Waals surface area contributed by atoms with Crippen molar-refractivity contribution in [3.05, 3.63) is 151 Å². The number of hydrogen-bond donors (Lipinski definition) is 1. The Morgan fingerprint density at radius 2 is 1.29 bits per heavy atom. The first kappa shape index (κ1) is 32.3. The maximum atomic E-state index is 6.52. The van der Waals surface area contributed by atoms with Crippen LogP contribution in [0.5, 0.6) is 0 Å². The minimum absolute atomic E-state index is 0.0744. The summed E-state index contributed by atoms with van der Waals surface area (Å²) in [5.74, 6) is 0. The van der Waals surface area contributed by atoms with Gasteiger partial charge in [-0.2, -0.15) is 0 Å². The lowest BCUT2D eigenvalue weighted by molar-refractivity contribution is 0.590. The second-order valence-corrected chi connectivity index (χ2v) is 17.9. The van der Waals surface area contributed by atoms with Gasteiger partial charge < -0.3 is 18.7 Å². The number of rotatable bonds is 3. The van der Waals surface area contributed by atoms with E-state index >= 15 is 0 Å². The quantitative estimate of drug-likeness (QED) is 0.182.